The topological polar surface area (TPSA) is 59.0 Å². The smallest absolute Gasteiger partial charge is 0.412 e. The number of hydrogen-bond donors (Lipinski definition) is 1. The Morgan fingerprint density at radius 2 is 2.21 bits per heavy atom. The van der Waals surface area contributed by atoms with Crippen molar-refractivity contribution in [3.8, 4) is 0 Å². The van der Waals surface area contributed by atoms with Gasteiger partial charge in [0, 0.05) is 0 Å². The van der Waals surface area contributed by atoms with Crippen LogP contribution in [0, 0.1) is 0 Å². The van der Waals surface area contributed by atoms with E-state index in [4.69, 9.17) is 9.47 Å². The molecular formula is C14H25NO4. The molecule has 0 aromatic heterocycles. The lowest BCUT2D eigenvalue weighted by molar-refractivity contribution is -0.0676. The van der Waals surface area contributed by atoms with E-state index in [-0.39, 0.29) is 0 Å². The molecule has 1 fully saturated rings. The van der Waals surface area contributed by atoms with Crippen molar-refractivity contribution in [2.24, 2.45) is 0 Å². The van der Waals surface area contributed by atoms with Crippen LogP contribution in [0.25, 0.3) is 0 Å². The summed E-state index contributed by atoms with van der Waals surface area (Å²) in [5.41, 5.74) is -1.36. The van der Waals surface area contributed by atoms with Crippen LogP contribution >= 0.6 is 0 Å². The molecule has 0 aromatic carbocycles. The highest BCUT2D eigenvalue weighted by Gasteiger charge is 2.47. The molecule has 5 heteroatoms. The average Bonchev–Trinajstić information content (AvgIpc) is 2.51. The summed E-state index contributed by atoms with van der Waals surface area (Å²) in [4.78, 5) is 13.8. The molecule has 1 rings (SSSR count). The summed E-state index contributed by atoms with van der Waals surface area (Å²) in [7, 11) is 0. The molecule has 0 bridgehead atoms. The first-order chi connectivity index (χ1) is 8.58. The Hall–Kier alpha value is -1.07. The van der Waals surface area contributed by atoms with Crippen LogP contribution in [0.4, 0.5) is 4.79 Å². The van der Waals surface area contributed by atoms with Crippen molar-refractivity contribution >= 4 is 6.09 Å². The predicted octanol–water partition coefficient (Wildman–Crippen LogP) is 2.30. The summed E-state index contributed by atoms with van der Waals surface area (Å²) in [6, 6.07) is -0.414. The lowest BCUT2D eigenvalue weighted by Gasteiger charge is -2.36. The van der Waals surface area contributed by atoms with Crippen LogP contribution in [0.15, 0.2) is 12.7 Å². The molecule has 0 aliphatic carbocycles. The first-order valence-corrected chi connectivity index (χ1v) is 6.54. The largest absolute Gasteiger partial charge is 0.444 e. The van der Waals surface area contributed by atoms with Gasteiger partial charge < -0.3 is 14.6 Å². The Kier molecular flexibility index (Phi) is 4.63. The molecule has 1 saturated heterocycles. The van der Waals surface area contributed by atoms with E-state index >= 15 is 0 Å². The summed E-state index contributed by atoms with van der Waals surface area (Å²) in [5, 5.41) is 10.1. The van der Waals surface area contributed by atoms with Gasteiger partial charge in [0.25, 0.3) is 0 Å². The van der Waals surface area contributed by atoms with Gasteiger partial charge in [0.15, 0.2) is 0 Å². The van der Waals surface area contributed by atoms with Gasteiger partial charge >= 0.3 is 6.09 Å². The molecule has 0 spiro atoms. The van der Waals surface area contributed by atoms with E-state index in [1.54, 1.807) is 19.9 Å². The van der Waals surface area contributed by atoms with Crippen LogP contribution in [0.2, 0.25) is 0 Å². The summed E-state index contributed by atoms with van der Waals surface area (Å²) < 4.78 is 11.0. The molecule has 1 aliphatic heterocycles. The number of amides is 1. The number of carbonyl (C=O) groups excluding carboxylic acids is 1. The fourth-order valence-corrected chi connectivity index (χ4v) is 2.11. The molecule has 0 radical (unpaired) electrons. The first kappa shape index (κ1) is 16.0. The highest BCUT2D eigenvalue weighted by atomic mass is 16.6. The second kappa shape index (κ2) is 5.51. The van der Waals surface area contributed by atoms with Gasteiger partial charge in [-0.2, -0.15) is 0 Å². The summed E-state index contributed by atoms with van der Waals surface area (Å²) in [5.74, 6) is 0. The molecule has 0 aromatic rings. The lowest BCUT2D eigenvalue weighted by Crippen LogP contribution is -2.53. The third kappa shape index (κ3) is 3.94. The average molecular weight is 271 g/mol. The molecular weight excluding hydrogens is 246 g/mol. The monoisotopic (exact) mass is 271 g/mol. The minimum Gasteiger partial charge on any atom is -0.444 e. The molecule has 0 saturated carbocycles. The van der Waals surface area contributed by atoms with E-state index < -0.39 is 29.6 Å². The molecule has 1 aliphatic rings. The summed E-state index contributed by atoms with van der Waals surface area (Å²) >= 11 is 0. The van der Waals surface area contributed by atoms with Crippen molar-refractivity contribution in [3.63, 3.8) is 0 Å². The van der Waals surface area contributed by atoms with Crippen LogP contribution < -0.4 is 0 Å². The number of hydrogen-bond acceptors (Lipinski definition) is 4. The van der Waals surface area contributed by atoms with Crippen LogP contribution in [0.3, 0.4) is 0 Å². The van der Waals surface area contributed by atoms with Crippen molar-refractivity contribution in [2.45, 2.75) is 64.5 Å². The molecule has 1 unspecified atom stereocenters. The fraction of sp³-hybridized carbons (Fsp3) is 0.786. The van der Waals surface area contributed by atoms with Crippen LogP contribution in [-0.4, -0.2) is 46.2 Å². The number of carbonyl (C=O) groups is 1. The highest BCUT2D eigenvalue weighted by molar-refractivity contribution is 5.69. The van der Waals surface area contributed by atoms with Gasteiger partial charge in [0.05, 0.1) is 18.8 Å². The zero-order chi connectivity index (χ0) is 14.8. The number of nitrogens with zero attached hydrogens (tertiary/aromatic N) is 1. The SMILES string of the molecule is C=CC[C@@H](O)C1COC(C)(C)N1C(=O)OC(C)(C)C. The van der Waals surface area contributed by atoms with Crippen LogP contribution in [0.1, 0.15) is 41.0 Å². The maximum absolute atomic E-state index is 12.3. The molecule has 5 nitrogen and oxygen atoms in total. The molecule has 1 amide bonds. The van der Waals surface area contributed by atoms with Crippen LogP contribution in [-0.2, 0) is 9.47 Å². The van der Waals surface area contributed by atoms with Gasteiger partial charge in [0.1, 0.15) is 11.3 Å². The third-order valence-electron chi connectivity index (χ3n) is 2.96. The zero-order valence-electron chi connectivity index (χ0n) is 12.5. The van der Waals surface area contributed by atoms with Gasteiger partial charge in [-0.1, -0.05) is 6.08 Å². The molecule has 110 valence electrons. The van der Waals surface area contributed by atoms with Crippen molar-refractivity contribution in [1.82, 2.24) is 4.90 Å². The second-order valence-electron chi connectivity index (χ2n) is 6.27. The Morgan fingerprint density at radius 3 is 2.68 bits per heavy atom. The van der Waals surface area contributed by atoms with E-state index in [0.717, 1.165) is 0 Å². The zero-order valence-corrected chi connectivity index (χ0v) is 12.5. The minimum atomic E-state index is -0.783. The van der Waals surface area contributed by atoms with E-state index in [0.29, 0.717) is 13.0 Å². The minimum absolute atomic E-state index is 0.293. The van der Waals surface area contributed by atoms with Gasteiger partial charge in [-0.25, -0.2) is 4.79 Å². The van der Waals surface area contributed by atoms with E-state index in [2.05, 4.69) is 6.58 Å². The van der Waals surface area contributed by atoms with Crippen molar-refractivity contribution in [1.29, 1.82) is 0 Å². The molecule has 1 N–H and O–H groups in total. The predicted molar refractivity (Wildman–Crippen MR) is 72.7 cm³/mol. The maximum Gasteiger partial charge on any atom is 0.412 e. The van der Waals surface area contributed by atoms with E-state index in [9.17, 15) is 9.90 Å². The standard InChI is InChI=1S/C14H25NO4/c1-7-8-11(16)10-9-18-14(5,6)15(10)12(17)19-13(2,3)4/h7,10-11,16H,1,8-9H2,2-6H3/t10?,11-/m1/s1. The maximum atomic E-state index is 12.3. The Bertz CT molecular complexity index is 346. The van der Waals surface area contributed by atoms with Crippen molar-refractivity contribution in [3.05, 3.63) is 12.7 Å². The third-order valence-corrected chi connectivity index (χ3v) is 2.96. The molecule has 2 atom stereocenters. The normalized spacial score (nSPS) is 24.1. The van der Waals surface area contributed by atoms with Crippen molar-refractivity contribution < 1.29 is 19.4 Å². The van der Waals surface area contributed by atoms with Crippen LogP contribution in [0.5, 0.6) is 0 Å². The number of rotatable bonds is 3. The molecule has 1 heterocycles. The number of aliphatic hydroxyl groups is 1. The lowest BCUT2D eigenvalue weighted by atomic mass is 10.1. The summed E-state index contributed by atoms with van der Waals surface area (Å²) in [6.45, 7) is 12.9. The Morgan fingerprint density at radius 1 is 1.63 bits per heavy atom. The molecule has 19 heavy (non-hydrogen) atoms. The first-order valence-electron chi connectivity index (χ1n) is 6.54. The van der Waals surface area contributed by atoms with Gasteiger partial charge in [-0.05, 0) is 41.0 Å². The van der Waals surface area contributed by atoms with Gasteiger partial charge in [-0.15, -0.1) is 6.58 Å². The number of ether oxygens (including phenoxy) is 2. The van der Waals surface area contributed by atoms with Crippen molar-refractivity contribution in [2.75, 3.05) is 6.61 Å². The van der Waals surface area contributed by atoms with Gasteiger partial charge in [0.2, 0.25) is 0 Å². The van der Waals surface area contributed by atoms with Gasteiger partial charge in [-0.3, -0.25) is 4.90 Å². The fourth-order valence-electron chi connectivity index (χ4n) is 2.11. The highest BCUT2D eigenvalue weighted by Crippen LogP contribution is 2.31. The quantitative estimate of drug-likeness (QED) is 0.800. The van der Waals surface area contributed by atoms with E-state index in [1.165, 1.54) is 4.90 Å². The Balaban J connectivity index is 2.89. The van der Waals surface area contributed by atoms with E-state index in [1.807, 2.05) is 20.8 Å². The number of aliphatic hydroxyl groups excluding tert-OH is 1. The second-order valence-corrected chi connectivity index (χ2v) is 6.27. The summed E-state index contributed by atoms with van der Waals surface area (Å²) in [6.07, 6.45) is 0.863. The Labute approximate surface area is 115 Å².